The van der Waals surface area contributed by atoms with Crippen molar-refractivity contribution in [2.24, 2.45) is 0 Å². The lowest BCUT2D eigenvalue weighted by Crippen LogP contribution is -1.91. The molecule has 10 heavy (non-hydrogen) atoms. The minimum Gasteiger partial charge on any atom is -0.425 e. The van der Waals surface area contributed by atoms with Crippen LogP contribution in [0.4, 0.5) is 5.82 Å². The third-order valence-electron chi connectivity index (χ3n) is 1.16. The van der Waals surface area contributed by atoms with Gasteiger partial charge in [-0.2, -0.15) is 4.98 Å². The van der Waals surface area contributed by atoms with E-state index in [2.05, 4.69) is 15.0 Å². The molecule has 0 spiro atoms. The number of rotatable bonds is 0. The van der Waals surface area contributed by atoms with Crippen LogP contribution in [0.25, 0.3) is 11.2 Å². The van der Waals surface area contributed by atoms with E-state index in [0.29, 0.717) is 17.0 Å². The lowest BCUT2D eigenvalue weighted by atomic mass is 10.5. The van der Waals surface area contributed by atoms with Gasteiger partial charge in [0, 0.05) is 0 Å². The fourth-order valence-corrected chi connectivity index (χ4v) is 0.712. The van der Waals surface area contributed by atoms with Crippen molar-refractivity contribution in [2.75, 3.05) is 5.73 Å². The fourth-order valence-electron chi connectivity index (χ4n) is 0.712. The number of oxazole rings is 1. The number of fused-ring (bicyclic) bond motifs is 1. The van der Waals surface area contributed by atoms with Crippen LogP contribution in [-0.4, -0.2) is 15.0 Å². The normalized spacial score (nSPS) is 10.4. The highest BCUT2D eigenvalue weighted by Gasteiger charge is 2.01. The van der Waals surface area contributed by atoms with Gasteiger partial charge in [0.25, 0.3) is 5.71 Å². The highest BCUT2D eigenvalue weighted by atomic mass is 16.3. The molecule has 2 heterocycles. The Bertz CT molecular complexity index is 355. The van der Waals surface area contributed by atoms with Crippen LogP contribution in [0.3, 0.4) is 0 Å². The summed E-state index contributed by atoms with van der Waals surface area (Å²) >= 11 is 0. The van der Waals surface area contributed by atoms with Crippen molar-refractivity contribution in [1.82, 2.24) is 15.0 Å². The second-order valence-corrected chi connectivity index (χ2v) is 1.77. The maximum atomic E-state index is 5.43. The number of nitrogens with two attached hydrogens (primary N) is 1. The van der Waals surface area contributed by atoms with Gasteiger partial charge in [0.2, 0.25) is 0 Å². The fraction of sp³-hybridized carbons (Fsp3) is 0. The molecule has 0 aliphatic rings. The highest BCUT2D eigenvalue weighted by molar-refractivity contribution is 5.78. The zero-order chi connectivity index (χ0) is 6.97. The van der Waals surface area contributed by atoms with E-state index in [0.717, 1.165) is 0 Å². The Labute approximate surface area is 55.9 Å². The summed E-state index contributed by atoms with van der Waals surface area (Å²) in [5.74, 6) is 0.346. The standard InChI is InChI=1S/C5H4N4O/c6-4-3-5(8-1-7-4)10-2-9-3/h1-2H,(H2,6,7,8). The molecular formula is C5H4N4O. The maximum Gasteiger partial charge on any atom is 0.251 e. The molecule has 5 nitrogen and oxygen atoms in total. The van der Waals surface area contributed by atoms with Crippen LogP contribution in [0.2, 0.25) is 0 Å². The Morgan fingerprint density at radius 1 is 1.30 bits per heavy atom. The van der Waals surface area contributed by atoms with Crippen LogP contribution >= 0.6 is 0 Å². The molecule has 0 radical (unpaired) electrons. The number of aromatic nitrogens is 3. The Morgan fingerprint density at radius 2 is 2.20 bits per heavy atom. The Morgan fingerprint density at radius 3 is 3.00 bits per heavy atom. The SMILES string of the molecule is Nc1ncnc2ocnc12. The number of hydrogen-bond acceptors (Lipinski definition) is 5. The monoisotopic (exact) mass is 136 g/mol. The molecule has 0 atom stereocenters. The number of nitrogen functional groups attached to an aromatic ring is 1. The van der Waals surface area contributed by atoms with Gasteiger partial charge in [0.05, 0.1) is 0 Å². The molecule has 0 bridgehead atoms. The Hall–Kier alpha value is -1.65. The van der Waals surface area contributed by atoms with Gasteiger partial charge in [0.15, 0.2) is 17.7 Å². The molecule has 50 valence electrons. The van der Waals surface area contributed by atoms with E-state index in [1.807, 2.05) is 0 Å². The zero-order valence-electron chi connectivity index (χ0n) is 4.98. The molecule has 0 aromatic carbocycles. The third-order valence-corrected chi connectivity index (χ3v) is 1.16. The predicted molar refractivity (Wildman–Crippen MR) is 34.0 cm³/mol. The van der Waals surface area contributed by atoms with Gasteiger partial charge in [-0.05, 0) is 0 Å². The first kappa shape index (κ1) is 5.16. The van der Waals surface area contributed by atoms with E-state index in [9.17, 15) is 0 Å². The van der Waals surface area contributed by atoms with Crippen LogP contribution in [-0.2, 0) is 0 Å². The van der Waals surface area contributed by atoms with Crippen molar-refractivity contribution >= 4 is 17.0 Å². The van der Waals surface area contributed by atoms with Crippen molar-refractivity contribution < 1.29 is 4.42 Å². The van der Waals surface area contributed by atoms with E-state index in [1.165, 1.54) is 12.7 Å². The minimum atomic E-state index is 0.346. The van der Waals surface area contributed by atoms with Crippen molar-refractivity contribution in [3.05, 3.63) is 12.7 Å². The summed E-state index contributed by atoms with van der Waals surface area (Å²) in [6.45, 7) is 0. The van der Waals surface area contributed by atoms with Crippen LogP contribution in [0, 0.1) is 0 Å². The van der Waals surface area contributed by atoms with Crippen molar-refractivity contribution in [2.45, 2.75) is 0 Å². The molecule has 0 amide bonds. The van der Waals surface area contributed by atoms with Crippen molar-refractivity contribution in [3.63, 3.8) is 0 Å². The third kappa shape index (κ3) is 0.540. The molecule has 0 fully saturated rings. The van der Waals surface area contributed by atoms with Gasteiger partial charge in [0.1, 0.15) is 6.33 Å². The molecular weight excluding hydrogens is 132 g/mol. The number of nitrogens with zero attached hydrogens (tertiary/aromatic N) is 3. The molecule has 0 unspecified atom stereocenters. The lowest BCUT2D eigenvalue weighted by molar-refractivity contribution is 0.590. The summed E-state index contributed by atoms with van der Waals surface area (Å²) in [4.78, 5) is 11.3. The van der Waals surface area contributed by atoms with Crippen molar-refractivity contribution in [1.29, 1.82) is 0 Å². The van der Waals surface area contributed by atoms with Crippen LogP contribution in [0.5, 0.6) is 0 Å². The smallest absolute Gasteiger partial charge is 0.251 e. The first-order chi connectivity index (χ1) is 4.88. The van der Waals surface area contributed by atoms with Crippen LogP contribution in [0.15, 0.2) is 17.1 Å². The number of hydrogen-bond donors (Lipinski definition) is 1. The Kier molecular flexibility index (Phi) is 0.858. The molecule has 0 aliphatic heterocycles. The molecule has 2 rings (SSSR count). The summed E-state index contributed by atoms with van der Waals surface area (Å²) < 4.78 is 4.86. The van der Waals surface area contributed by atoms with E-state index < -0.39 is 0 Å². The maximum absolute atomic E-state index is 5.43. The summed E-state index contributed by atoms with van der Waals surface area (Å²) in [5, 5.41) is 0. The van der Waals surface area contributed by atoms with E-state index >= 15 is 0 Å². The average Bonchev–Trinajstić information content (AvgIpc) is 2.36. The minimum absolute atomic E-state index is 0.346. The second kappa shape index (κ2) is 1.66. The van der Waals surface area contributed by atoms with Gasteiger partial charge in [-0.1, -0.05) is 0 Å². The zero-order valence-corrected chi connectivity index (χ0v) is 4.98. The quantitative estimate of drug-likeness (QED) is 0.559. The largest absolute Gasteiger partial charge is 0.425 e. The lowest BCUT2D eigenvalue weighted by Gasteiger charge is -1.87. The van der Waals surface area contributed by atoms with E-state index in [4.69, 9.17) is 10.2 Å². The summed E-state index contributed by atoms with van der Waals surface area (Å²) in [6.07, 6.45) is 2.62. The molecule has 2 aromatic heterocycles. The Balaban J connectivity index is 2.95. The summed E-state index contributed by atoms with van der Waals surface area (Å²) in [5.41, 5.74) is 6.37. The second-order valence-electron chi connectivity index (χ2n) is 1.77. The molecule has 2 N–H and O–H groups in total. The molecule has 0 saturated heterocycles. The van der Waals surface area contributed by atoms with Gasteiger partial charge in [-0.15, -0.1) is 0 Å². The summed E-state index contributed by atoms with van der Waals surface area (Å²) in [7, 11) is 0. The first-order valence-corrected chi connectivity index (χ1v) is 2.67. The highest BCUT2D eigenvalue weighted by Crippen LogP contribution is 2.11. The van der Waals surface area contributed by atoms with Gasteiger partial charge in [-0.3, -0.25) is 0 Å². The molecule has 0 aliphatic carbocycles. The van der Waals surface area contributed by atoms with Gasteiger partial charge in [-0.25, -0.2) is 9.97 Å². The van der Waals surface area contributed by atoms with Crippen molar-refractivity contribution in [3.8, 4) is 0 Å². The summed E-state index contributed by atoms with van der Waals surface area (Å²) in [6, 6.07) is 0. The van der Waals surface area contributed by atoms with Gasteiger partial charge < -0.3 is 10.2 Å². The first-order valence-electron chi connectivity index (χ1n) is 2.67. The van der Waals surface area contributed by atoms with Crippen LogP contribution < -0.4 is 5.73 Å². The van der Waals surface area contributed by atoms with Crippen LogP contribution in [0.1, 0.15) is 0 Å². The van der Waals surface area contributed by atoms with E-state index in [-0.39, 0.29) is 0 Å². The average molecular weight is 136 g/mol. The van der Waals surface area contributed by atoms with Gasteiger partial charge >= 0.3 is 0 Å². The number of anilines is 1. The van der Waals surface area contributed by atoms with E-state index in [1.54, 1.807) is 0 Å². The predicted octanol–water partition coefficient (Wildman–Crippen LogP) is 0.200. The molecule has 2 aromatic rings. The topological polar surface area (TPSA) is 77.8 Å². The molecule has 0 saturated carbocycles. The molecule has 5 heteroatoms.